The van der Waals surface area contributed by atoms with E-state index in [9.17, 15) is 9.59 Å². The molecule has 1 heterocycles. The van der Waals surface area contributed by atoms with E-state index in [0.717, 1.165) is 19.3 Å². The maximum atomic E-state index is 12.5. The van der Waals surface area contributed by atoms with Crippen molar-refractivity contribution in [3.8, 4) is 0 Å². The molecule has 1 saturated heterocycles. The number of nitrogens with zero attached hydrogens (tertiary/aromatic N) is 2. The number of carbonyl (C=O) groups is 2. The van der Waals surface area contributed by atoms with Crippen LogP contribution in [0, 0.1) is 0 Å². The molecule has 0 unspecified atom stereocenters. The average molecular weight is 268 g/mol. The molecule has 2 amide bonds. The van der Waals surface area contributed by atoms with E-state index in [1.54, 1.807) is 4.90 Å². The molecule has 0 aromatic rings. The van der Waals surface area contributed by atoms with Gasteiger partial charge in [-0.25, -0.2) is 9.59 Å². The number of carbonyl (C=O) groups excluding carboxylic acids is 1. The topological polar surface area (TPSA) is 60.9 Å². The molecule has 1 atom stereocenters. The van der Waals surface area contributed by atoms with E-state index >= 15 is 0 Å². The summed E-state index contributed by atoms with van der Waals surface area (Å²) in [4.78, 5) is 26.9. The van der Waals surface area contributed by atoms with Crippen molar-refractivity contribution in [1.82, 2.24) is 9.80 Å². The summed E-state index contributed by atoms with van der Waals surface area (Å²) >= 11 is 0. The zero-order valence-electron chi connectivity index (χ0n) is 11.7. The number of hydrogen-bond acceptors (Lipinski definition) is 2. The number of hydrogen-bond donors (Lipinski definition) is 1. The highest BCUT2D eigenvalue weighted by atomic mass is 16.4. The number of rotatable bonds is 2. The van der Waals surface area contributed by atoms with E-state index in [0.29, 0.717) is 13.0 Å². The summed E-state index contributed by atoms with van der Waals surface area (Å²) in [6, 6.07) is -0.442. The number of carboxylic acid groups (broad SMARTS) is 1. The van der Waals surface area contributed by atoms with Crippen LogP contribution in [0.4, 0.5) is 4.79 Å². The molecule has 2 rings (SSSR count). The Balaban J connectivity index is 1.99. The monoisotopic (exact) mass is 268 g/mol. The van der Waals surface area contributed by atoms with Crippen LogP contribution in [0.1, 0.15) is 51.4 Å². The predicted octanol–water partition coefficient (Wildman–Crippen LogP) is 2.31. The fourth-order valence-corrected chi connectivity index (χ4v) is 3.26. The molecule has 0 aromatic heterocycles. The number of likely N-dealkylation sites (tertiary alicyclic amines) is 1. The third kappa shape index (κ3) is 3.19. The molecule has 1 aliphatic heterocycles. The van der Waals surface area contributed by atoms with Gasteiger partial charge in [0, 0.05) is 19.6 Å². The molecule has 1 saturated carbocycles. The number of urea groups is 1. The molecule has 0 bridgehead atoms. The molecular formula is C14H24N2O3. The lowest BCUT2D eigenvalue weighted by Crippen LogP contribution is -2.49. The van der Waals surface area contributed by atoms with Crippen molar-refractivity contribution in [2.75, 3.05) is 13.6 Å². The zero-order chi connectivity index (χ0) is 13.8. The van der Waals surface area contributed by atoms with Gasteiger partial charge in [-0.3, -0.25) is 0 Å². The first-order chi connectivity index (χ1) is 9.11. The second kappa shape index (κ2) is 6.26. The van der Waals surface area contributed by atoms with E-state index in [2.05, 4.69) is 0 Å². The maximum Gasteiger partial charge on any atom is 0.326 e. The van der Waals surface area contributed by atoms with Crippen LogP contribution in [0.3, 0.4) is 0 Å². The van der Waals surface area contributed by atoms with Gasteiger partial charge in [0.25, 0.3) is 0 Å². The minimum atomic E-state index is -0.875. The van der Waals surface area contributed by atoms with Crippen LogP contribution in [-0.4, -0.2) is 52.6 Å². The zero-order valence-corrected chi connectivity index (χ0v) is 11.7. The van der Waals surface area contributed by atoms with E-state index in [1.165, 1.54) is 30.6 Å². The van der Waals surface area contributed by atoms with Crippen molar-refractivity contribution in [2.24, 2.45) is 0 Å². The number of amides is 2. The molecule has 5 nitrogen and oxygen atoms in total. The van der Waals surface area contributed by atoms with Crippen molar-refractivity contribution < 1.29 is 14.7 Å². The standard InChI is InChI=1S/C14H24N2O3/c1-15(11-7-4-2-3-5-8-11)14(19)16-10-6-9-12(16)13(17)18/h11-12H,2-10H2,1H3,(H,17,18)/t12-/m0/s1. The van der Waals surface area contributed by atoms with Gasteiger partial charge < -0.3 is 14.9 Å². The molecule has 2 aliphatic rings. The van der Waals surface area contributed by atoms with E-state index in [1.807, 2.05) is 7.05 Å². The largest absolute Gasteiger partial charge is 0.480 e. The Morgan fingerprint density at radius 1 is 1.05 bits per heavy atom. The first kappa shape index (κ1) is 14.2. The highest BCUT2D eigenvalue weighted by molar-refractivity contribution is 5.83. The van der Waals surface area contributed by atoms with Crippen LogP contribution in [0.5, 0.6) is 0 Å². The van der Waals surface area contributed by atoms with Gasteiger partial charge >= 0.3 is 12.0 Å². The number of aliphatic carboxylic acids is 1. The van der Waals surface area contributed by atoms with Crippen molar-refractivity contribution in [3.05, 3.63) is 0 Å². The lowest BCUT2D eigenvalue weighted by Gasteiger charge is -2.33. The molecule has 1 aliphatic carbocycles. The minimum Gasteiger partial charge on any atom is -0.480 e. The summed E-state index contributed by atoms with van der Waals surface area (Å²) in [7, 11) is 1.83. The van der Waals surface area contributed by atoms with Crippen LogP contribution in [-0.2, 0) is 4.79 Å². The third-order valence-electron chi connectivity index (χ3n) is 4.46. The number of carboxylic acids is 1. The highest BCUT2D eigenvalue weighted by Crippen LogP contribution is 2.24. The SMILES string of the molecule is CN(C(=O)N1CCC[C@H]1C(=O)O)C1CCCCCC1. The van der Waals surface area contributed by atoms with Crippen molar-refractivity contribution >= 4 is 12.0 Å². The third-order valence-corrected chi connectivity index (χ3v) is 4.46. The average Bonchev–Trinajstić information content (AvgIpc) is 2.73. The van der Waals surface area contributed by atoms with Gasteiger partial charge in [-0.15, -0.1) is 0 Å². The summed E-state index contributed by atoms with van der Waals surface area (Å²) in [5.74, 6) is -0.875. The molecular weight excluding hydrogens is 244 g/mol. The van der Waals surface area contributed by atoms with Crippen LogP contribution < -0.4 is 0 Å². The molecule has 1 N–H and O–H groups in total. The van der Waals surface area contributed by atoms with Gasteiger partial charge in [-0.05, 0) is 25.7 Å². The molecule has 108 valence electrons. The fraction of sp³-hybridized carbons (Fsp3) is 0.857. The van der Waals surface area contributed by atoms with Gasteiger partial charge in [0.15, 0.2) is 0 Å². The van der Waals surface area contributed by atoms with Gasteiger partial charge in [-0.1, -0.05) is 25.7 Å². The molecule has 19 heavy (non-hydrogen) atoms. The van der Waals surface area contributed by atoms with Crippen LogP contribution in [0.15, 0.2) is 0 Å². The van der Waals surface area contributed by atoms with Gasteiger partial charge in [0.1, 0.15) is 6.04 Å². The predicted molar refractivity (Wildman–Crippen MR) is 72.0 cm³/mol. The summed E-state index contributed by atoms with van der Waals surface area (Å²) in [5, 5.41) is 9.16. The second-order valence-corrected chi connectivity index (χ2v) is 5.73. The van der Waals surface area contributed by atoms with Crippen molar-refractivity contribution in [3.63, 3.8) is 0 Å². The molecule has 0 aromatic carbocycles. The Bertz CT molecular complexity index is 338. The lowest BCUT2D eigenvalue weighted by molar-refractivity contribution is -0.141. The van der Waals surface area contributed by atoms with Gasteiger partial charge in [0.2, 0.25) is 0 Å². The van der Waals surface area contributed by atoms with Gasteiger partial charge in [0.05, 0.1) is 0 Å². The molecule has 0 spiro atoms. The minimum absolute atomic E-state index is 0.100. The summed E-state index contributed by atoms with van der Waals surface area (Å²) in [6.07, 6.45) is 8.32. The Morgan fingerprint density at radius 2 is 1.68 bits per heavy atom. The van der Waals surface area contributed by atoms with Crippen molar-refractivity contribution in [2.45, 2.75) is 63.5 Å². The van der Waals surface area contributed by atoms with Crippen LogP contribution >= 0.6 is 0 Å². The quantitative estimate of drug-likeness (QED) is 0.782. The first-order valence-corrected chi connectivity index (χ1v) is 7.37. The normalized spacial score (nSPS) is 25.1. The van der Waals surface area contributed by atoms with E-state index in [4.69, 9.17) is 5.11 Å². The molecule has 0 radical (unpaired) electrons. The summed E-state index contributed by atoms with van der Waals surface area (Å²) in [6.45, 7) is 0.576. The molecule has 5 heteroatoms. The van der Waals surface area contributed by atoms with E-state index in [-0.39, 0.29) is 12.1 Å². The fourth-order valence-electron chi connectivity index (χ4n) is 3.26. The van der Waals surface area contributed by atoms with Crippen LogP contribution in [0.2, 0.25) is 0 Å². The Kier molecular flexibility index (Phi) is 4.66. The Morgan fingerprint density at radius 3 is 2.26 bits per heavy atom. The van der Waals surface area contributed by atoms with Crippen molar-refractivity contribution in [1.29, 1.82) is 0 Å². The van der Waals surface area contributed by atoms with Crippen LogP contribution in [0.25, 0.3) is 0 Å². The maximum absolute atomic E-state index is 12.5. The van der Waals surface area contributed by atoms with Gasteiger partial charge in [-0.2, -0.15) is 0 Å². The Hall–Kier alpha value is -1.26. The lowest BCUT2D eigenvalue weighted by atomic mass is 10.1. The summed E-state index contributed by atoms with van der Waals surface area (Å²) < 4.78 is 0. The second-order valence-electron chi connectivity index (χ2n) is 5.73. The smallest absolute Gasteiger partial charge is 0.326 e. The highest BCUT2D eigenvalue weighted by Gasteiger charge is 2.36. The molecule has 2 fully saturated rings. The van der Waals surface area contributed by atoms with E-state index < -0.39 is 12.0 Å². The Labute approximate surface area is 114 Å². The summed E-state index contributed by atoms with van der Waals surface area (Å²) in [5.41, 5.74) is 0. The first-order valence-electron chi connectivity index (χ1n) is 7.37.